The fraction of sp³-hybridized carbons (Fsp3) is 0.333. The predicted octanol–water partition coefficient (Wildman–Crippen LogP) is 1.75. The molecule has 1 amide bonds. The molecule has 1 N–H and O–H groups in total. The first kappa shape index (κ1) is 12.2. The summed E-state index contributed by atoms with van der Waals surface area (Å²) in [7, 11) is 0. The Bertz CT molecular complexity index is 412. The summed E-state index contributed by atoms with van der Waals surface area (Å²) in [4.78, 5) is 15.0. The van der Waals surface area contributed by atoms with Crippen molar-refractivity contribution in [3.8, 4) is 12.3 Å². The Morgan fingerprint density at radius 1 is 1.75 bits per heavy atom. The number of halogens is 1. The maximum atomic E-state index is 13.2. The molecule has 1 unspecified atom stereocenters. The highest BCUT2D eigenvalue weighted by molar-refractivity contribution is 5.94. The fourth-order valence-electron chi connectivity index (χ4n) is 1.28. The molecule has 0 aliphatic rings. The number of hydrogen-bond donors (Lipinski definition) is 1. The minimum Gasteiger partial charge on any atom is -0.338 e. The second-order valence-electron chi connectivity index (χ2n) is 3.32. The van der Waals surface area contributed by atoms with Crippen molar-refractivity contribution in [3.63, 3.8) is 0 Å². The number of rotatable bonds is 4. The van der Waals surface area contributed by atoms with Crippen molar-refractivity contribution >= 4 is 5.91 Å². The molecule has 0 aromatic carbocycles. The van der Waals surface area contributed by atoms with E-state index in [9.17, 15) is 9.18 Å². The summed E-state index contributed by atoms with van der Waals surface area (Å²) in [6, 6.07) is 2.51. The molecule has 84 valence electrons. The fourth-order valence-corrected chi connectivity index (χ4v) is 1.28. The minimum atomic E-state index is -0.785. The van der Waals surface area contributed by atoms with Crippen molar-refractivity contribution in [2.45, 2.75) is 25.8 Å². The summed E-state index contributed by atoms with van der Waals surface area (Å²) >= 11 is 0. The van der Waals surface area contributed by atoms with Crippen LogP contribution in [0.5, 0.6) is 0 Å². The molecule has 0 aliphatic carbocycles. The van der Waals surface area contributed by atoms with Crippen molar-refractivity contribution in [2.24, 2.45) is 0 Å². The molecule has 0 aliphatic heterocycles. The van der Waals surface area contributed by atoms with Crippen molar-refractivity contribution in [1.82, 2.24) is 10.3 Å². The van der Waals surface area contributed by atoms with E-state index in [1.807, 2.05) is 6.92 Å². The summed E-state index contributed by atoms with van der Waals surface area (Å²) in [5.41, 5.74) is -0.0844. The molecule has 0 bridgehead atoms. The Hall–Kier alpha value is -1.89. The van der Waals surface area contributed by atoms with E-state index < -0.39 is 11.9 Å². The van der Waals surface area contributed by atoms with Gasteiger partial charge in [0.05, 0.1) is 11.6 Å². The summed E-state index contributed by atoms with van der Waals surface area (Å²) < 4.78 is 13.2. The summed E-state index contributed by atoms with van der Waals surface area (Å²) in [5, 5.41) is 2.57. The molecule has 1 heterocycles. The third-order valence-corrected chi connectivity index (χ3v) is 2.09. The average molecular weight is 220 g/mol. The first-order valence-corrected chi connectivity index (χ1v) is 5.06. The van der Waals surface area contributed by atoms with Crippen LogP contribution in [0.3, 0.4) is 0 Å². The number of terminal acetylenes is 1. The lowest BCUT2D eigenvalue weighted by molar-refractivity contribution is 0.0939. The monoisotopic (exact) mass is 220 g/mol. The van der Waals surface area contributed by atoms with E-state index in [1.165, 1.54) is 18.3 Å². The lowest BCUT2D eigenvalue weighted by Gasteiger charge is -2.11. The molecular formula is C12H13FN2O. The van der Waals surface area contributed by atoms with Crippen molar-refractivity contribution in [2.75, 3.05) is 0 Å². The van der Waals surface area contributed by atoms with Gasteiger partial charge in [-0.05, 0) is 18.6 Å². The lowest BCUT2D eigenvalue weighted by atomic mass is 10.1. The molecule has 0 saturated heterocycles. The van der Waals surface area contributed by atoms with Crippen LogP contribution < -0.4 is 5.32 Å². The highest BCUT2D eigenvalue weighted by Gasteiger charge is 2.14. The average Bonchev–Trinajstić information content (AvgIpc) is 2.28. The van der Waals surface area contributed by atoms with Gasteiger partial charge in [-0.2, -0.15) is 4.39 Å². The summed E-state index contributed by atoms with van der Waals surface area (Å²) in [6.07, 6.45) is 8.06. The molecule has 4 heteroatoms. The number of pyridine rings is 1. The van der Waals surface area contributed by atoms with Gasteiger partial charge in [-0.15, -0.1) is 6.42 Å². The van der Waals surface area contributed by atoms with Gasteiger partial charge in [-0.1, -0.05) is 19.3 Å². The first-order valence-electron chi connectivity index (χ1n) is 5.06. The Labute approximate surface area is 94.1 Å². The van der Waals surface area contributed by atoms with E-state index in [0.717, 1.165) is 6.42 Å². The van der Waals surface area contributed by atoms with Crippen LogP contribution in [0.4, 0.5) is 4.39 Å². The lowest BCUT2D eigenvalue weighted by Crippen LogP contribution is -2.34. The molecule has 1 aromatic heterocycles. The molecule has 1 aromatic rings. The molecule has 0 spiro atoms. The van der Waals surface area contributed by atoms with Crippen LogP contribution >= 0.6 is 0 Å². The quantitative estimate of drug-likeness (QED) is 0.620. The molecule has 1 rings (SSSR count). The number of nitrogens with one attached hydrogen (secondary N) is 1. The van der Waals surface area contributed by atoms with Crippen molar-refractivity contribution < 1.29 is 9.18 Å². The zero-order chi connectivity index (χ0) is 12.0. The highest BCUT2D eigenvalue weighted by Crippen LogP contribution is 2.04. The molecule has 16 heavy (non-hydrogen) atoms. The van der Waals surface area contributed by atoms with Gasteiger partial charge in [0.1, 0.15) is 0 Å². The molecule has 0 radical (unpaired) electrons. The Morgan fingerprint density at radius 3 is 3.06 bits per heavy atom. The van der Waals surface area contributed by atoms with Gasteiger partial charge in [0.25, 0.3) is 5.91 Å². The highest BCUT2D eigenvalue weighted by atomic mass is 19.1. The summed E-state index contributed by atoms with van der Waals surface area (Å²) in [5.74, 6) is 1.14. The topological polar surface area (TPSA) is 42.0 Å². The number of hydrogen-bond acceptors (Lipinski definition) is 2. The number of aromatic nitrogens is 1. The van der Waals surface area contributed by atoms with E-state index in [2.05, 4.69) is 16.2 Å². The van der Waals surface area contributed by atoms with E-state index in [4.69, 9.17) is 6.42 Å². The normalized spacial score (nSPS) is 11.6. The van der Waals surface area contributed by atoms with E-state index >= 15 is 0 Å². The molecule has 1 atom stereocenters. The van der Waals surface area contributed by atoms with Crippen LogP contribution in [0.15, 0.2) is 18.3 Å². The molecule has 3 nitrogen and oxygen atoms in total. The Morgan fingerprint density at radius 2 is 2.50 bits per heavy atom. The van der Waals surface area contributed by atoms with Crippen LogP contribution in [0.25, 0.3) is 0 Å². The first-order chi connectivity index (χ1) is 7.69. The second kappa shape index (κ2) is 5.86. The van der Waals surface area contributed by atoms with Gasteiger partial charge in [0.15, 0.2) is 0 Å². The van der Waals surface area contributed by atoms with Gasteiger partial charge in [-0.3, -0.25) is 4.79 Å². The predicted molar refractivity (Wildman–Crippen MR) is 59.2 cm³/mol. The Balaban J connectivity index is 2.73. The number of carbonyl (C=O) groups is 1. The largest absolute Gasteiger partial charge is 0.338 e. The molecule has 0 fully saturated rings. The number of amides is 1. The van der Waals surface area contributed by atoms with Gasteiger partial charge in [0.2, 0.25) is 5.95 Å². The van der Waals surface area contributed by atoms with Gasteiger partial charge < -0.3 is 5.32 Å². The van der Waals surface area contributed by atoms with Gasteiger partial charge in [0, 0.05) is 6.20 Å². The van der Waals surface area contributed by atoms with Crippen LogP contribution in [0.1, 0.15) is 30.1 Å². The van der Waals surface area contributed by atoms with Crippen molar-refractivity contribution in [3.05, 3.63) is 29.8 Å². The number of nitrogens with zero attached hydrogens (tertiary/aromatic N) is 1. The van der Waals surface area contributed by atoms with Crippen molar-refractivity contribution in [1.29, 1.82) is 0 Å². The van der Waals surface area contributed by atoms with E-state index in [0.29, 0.717) is 6.42 Å². The zero-order valence-electron chi connectivity index (χ0n) is 9.03. The standard InChI is InChI=1S/C12H13FN2O/c1-3-6-9(4-2)15-12(16)10-7-5-8-14-11(10)13/h2,5,7-9H,3,6H2,1H3,(H,15,16). The summed E-state index contributed by atoms with van der Waals surface area (Å²) in [6.45, 7) is 1.96. The van der Waals surface area contributed by atoms with Crippen LogP contribution in [0, 0.1) is 18.3 Å². The zero-order valence-corrected chi connectivity index (χ0v) is 9.03. The third-order valence-electron chi connectivity index (χ3n) is 2.09. The van der Waals surface area contributed by atoms with Gasteiger partial charge in [-0.25, -0.2) is 4.98 Å². The molecule has 0 saturated carbocycles. The second-order valence-corrected chi connectivity index (χ2v) is 3.32. The maximum absolute atomic E-state index is 13.2. The van der Waals surface area contributed by atoms with Crippen LogP contribution in [0.2, 0.25) is 0 Å². The SMILES string of the molecule is C#CC(CCC)NC(=O)c1cccnc1F. The third kappa shape index (κ3) is 3.06. The van der Waals surface area contributed by atoms with Crippen LogP contribution in [-0.4, -0.2) is 16.9 Å². The molecular weight excluding hydrogens is 207 g/mol. The van der Waals surface area contributed by atoms with E-state index in [1.54, 1.807) is 0 Å². The van der Waals surface area contributed by atoms with Crippen LogP contribution in [-0.2, 0) is 0 Å². The van der Waals surface area contributed by atoms with Gasteiger partial charge >= 0.3 is 0 Å². The minimum absolute atomic E-state index is 0.0844. The maximum Gasteiger partial charge on any atom is 0.256 e. The number of carbonyl (C=O) groups excluding carboxylic acids is 1. The smallest absolute Gasteiger partial charge is 0.256 e. The Kier molecular flexibility index (Phi) is 4.46. The van der Waals surface area contributed by atoms with E-state index in [-0.39, 0.29) is 11.6 Å².